The molecule has 0 fully saturated rings. The van der Waals surface area contributed by atoms with E-state index < -0.39 is 0 Å². The average Bonchev–Trinajstić information content (AvgIpc) is 3.61. The summed E-state index contributed by atoms with van der Waals surface area (Å²) >= 11 is 1.86. The van der Waals surface area contributed by atoms with Gasteiger partial charge in [0, 0.05) is 42.6 Å². The highest BCUT2D eigenvalue weighted by Crippen LogP contribution is 2.49. The molecular formula is C45H33NS. The molecule has 0 aliphatic heterocycles. The first-order valence-electron chi connectivity index (χ1n) is 16.3. The minimum Gasteiger partial charge on any atom is -0.311 e. The van der Waals surface area contributed by atoms with Crippen LogP contribution in [0.15, 0.2) is 164 Å². The molecule has 8 aromatic rings. The number of fused-ring (bicyclic) bond motifs is 6. The van der Waals surface area contributed by atoms with Gasteiger partial charge in [0.25, 0.3) is 0 Å². The fourth-order valence-electron chi connectivity index (χ4n) is 7.44. The average molecular weight is 620 g/mol. The van der Waals surface area contributed by atoms with Gasteiger partial charge in [0.2, 0.25) is 0 Å². The number of rotatable bonds is 5. The highest BCUT2D eigenvalue weighted by molar-refractivity contribution is 7.25. The quantitative estimate of drug-likeness (QED) is 0.185. The smallest absolute Gasteiger partial charge is 0.0462 e. The molecule has 7 aromatic carbocycles. The molecule has 0 radical (unpaired) electrons. The Kier molecular flexibility index (Phi) is 6.41. The molecule has 0 atom stereocenters. The van der Waals surface area contributed by atoms with Gasteiger partial charge in [-0.2, -0.15) is 0 Å². The van der Waals surface area contributed by atoms with E-state index in [2.05, 4.69) is 183 Å². The Morgan fingerprint density at radius 3 is 1.68 bits per heavy atom. The van der Waals surface area contributed by atoms with Gasteiger partial charge < -0.3 is 4.90 Å². The van der Waals surface area contributed by atoms with Crippen LogP contribution in [-0.4, -0.2) is 0 Å². The third-order valence-corrected chi connectivity index (χ3v) is 11.0. The summed E-state index contributed by atoms with van der Waals surface area (Å²) in [7, 11) is 0. The Labute approximate surface area is 280 Å². The van der Waals surface area contributed by atoms with Gasteiger partial charge in [-0.1, -0.05) is 117 Å². The Morgan fingerprint density at radius 1 is 0.404 bits per heavy atom. The standard InChI is InChI=1S/C45H33NS/c1-45(2)41-14-8-6-12-37(41)39-28-32(20-26-42(39)45)30-16-22-35(23-17-30)46(34-10-4-3-5-11-34)36-24-18-31(19-25-36)33-21-27-44-40(29-33)38-13-7-9-15-43(38)47-44/h3-29H,1-2H3. The zero-order valence-electron chi connectivity index (χ0n) is 26.4. The fraction of sp³-hybridized carbons (Fsp3) is 0.0667. The lowest BCUT2D eigenvalue weighted by Crippen LogP contribution is -2.14. The van der Waals surface area contributed by atoms with Crippen molar-refractivity contribution in [3.63, 3.8) is 0 Å². The van der Waals surface area contributed by atoms with Crippen LogP contribution < -0.4 is 4.90 Å². The van der Waals surface area contributed by atoms with Gasteiger partial charge in [-0.3, -0.25) is 0 Å². The molecule has 9 rings (SSSR count). The van der Waals surface area contributed by atoms with Gasteiger partial charge in [0.15, 0.2) is 0 Å². The van der Waals surface area contributed by atoms with Crippen LogP contribution in [0, 0.1) is 0 Å². The molecule has 1 aliphatic carbocycles. The lowest BCUT2D eigenvalue weighted by Gasteiger charge is -2.26. The maximum Gasteiger partial charge on any atom is 0.0462 e. The Balaban J connectivity index is 1.06. The summed E-state index contributed by atoms with van der Waals surface area (Å²) in [4.78, 5) is 2.34. The summed E-state index contributed by atoms with van der Waals surface area (Å²) in [6.45, 7) is 4.67. The summed E-state index contributed by atoms with van der Waals surface area (Å²) in [6.07, 6.45) is 0. The third-order valence-electron chi connectivity index (χ3n) is 9.89. The number of benzene rings is 7. The largest absolute Gasteiger partial charge is 0.311 e. The van der Waals surface area contributed by atoms with E-state index in [4.69, 9.17) is 0 Å². The number of para-hydroxylation sites is 1. The van der Waals surface area contributed by atoms with Gasteiger partial charge >= 0.3 is 0 Å². The summed E-state index contributed by atoms with van der Waals surface area (Å²) in [6, 6.07) is 60.0. The monoisotopic (exact) mass is 619 g/mol. The molecule has 1 aromatic heterocycles. The van der Waals surface area contributed by atoms with Gasteiger partial charge in [-0.05, 0) is 105 Å². The van der Waals surface area contributed by atoms with E-state index in [9.17, 15) is 0 Å². The Bertz CT molecular complexity index is 2410. The first-order chi connectivity index (χ1) is 23.0. The molecular weight excluding hydrogens is 587 g/mol. The van der Waals surface area contributed by atoms with Gasteiger partial charge in [0.05, 0.1) is 0 Å². The van der Waals surface area contributed by atoms with Crippen LogP contribution in [-0.2, 0) is 5.41 Å². The van der Waals surface area contributed by atoms with Crippen molar-refractivity contribution in [2.75, 3.05) is 4.90 Å². The zero-order valence-corrected chi connectivity index (χ0v) is 27.3. The molecule has 47 heavy (non-hydrogen) atoms. The number of anilines is 3. The highest BCUT2D eigenvalue weighted by Gasteiger charge is 2.35. The van der Waals surface area contributed by atoms with E-state index in [1.165, 1.54) is 64.7 Å². The summed E-state index contributed by atoms with van der Waals surface area (Å²) < 4.78 is 2.67. The minimum absolute atomic E-state index is 0.0189. The summed E-state index contributed by atoms with van der Waals surface area (Å²) in [5, 5.41) is 2.66. The van der Waals surface area contributed by atoms with E-state index in [0.29, 0.717) is 0 Å². The van der Waals surface area contributed by atoms with Gasteiger partial charge in [-0.15, -0.1) is 11.3 Å². The fourth-order valence-corrected chi connectivity index (χ4v) is 8.52. The zero-order chi connectivity index (χ0) is 31.5. The van der Waals surface area contributed by atoms with Crippen molar-refractivity contribution in [2.45, 2.75) is 19.3 Å². The molecule has 0 saturated carbocycles. The molecule has 0 bridgehead atoms. The van der Waals surface area contributed by atoms with Crippen molar-refractivity contribution < 1.29 is 0 Å². The lowest BCUT2D eigenvalue weighted by atomic mass is 9.82. The molecule has 0 unspecified atom stereocenters. The highest BCUT2D eigenvalue weighted by atomic mass is 32.1. The Morgan fingerprint density at radius 2 is 0.936 bits per heavy atom. The molecule has 0 N–H and O–H groups in total. The number of hydrogen-bond acceptors (Lipinski definition) is 2. The topological polar surface area (TPSA) is 3.24 Å². The van der Waals surface area contributed by atoms with Crippen LogP contribution in [0.2, 0.25) is 0 Å². The summed E-state index contributed by atoms with van der Waals surface area (Å²) in [5.74, 6) is 0. The Hall–Kier alpha value is -5.44. The van der Waals surface area contributed by atoms with Crippen molar-refractivity contribution in [3.8, 4) is 33.4 Å². The number of nitrogens with zero attached hydrogens (tertiary/aromatic N) is 1. The predicted octanol–water partition coefficient (Wildman–Crippen LogP) is 13.2. The third kappa shape index (κ3) is 4.60. The van der Waals surface area contributed by atoms with Crippen LogP contribution in [0.4, 0.5) is 17.1 Å². The molecule has 224 valence electrons. The number of hydrogen-bond donors (Lipinski definition) is 0. The van der Waals surface area contributed by atoms with Crippen molar-refractivity contribution in [1.82, 2.24) is 0 Å². The molecule has 0 spiro atoms. The first-order valence-corrected chi connectivity index (χ1v) is 17.1. The van der Waals surface area contributed by atoms with Crippen LogP contribution >= 0.6 is 11.3 Å². The van der Waals surface area contributed by atoms with Crippen molar-refractivity contribution in [3.05, 3.63) is 175 Å². The first kappa shape index (κ1) is 27.8. The van der Waals surface area contributed by atoms with E-state index in [-0.39, 0.29) is 5.41 Å². The van der Waals surface area contributed by atoms with Crippen LogP contribution in [0.1, 0.15) is 25.0 Å². The van der Waals surface area contributed by atoms with E-state index >= 15 is 0 Å². The molecule has 0 amide bonds. The predicted molar refractivity (Wildman–Crippen MR) is 202 cm³/mol. The van der Waals surface area contributed by atoms with Crippen molar-refractivity contribution in [2.24, 2.45) is 0 Å². The van der Waals surface area contributed by atoms with E-state index in [0.717, 1.165) is 17.1 Å². The van der Waals surface area contributed by atoms with Crippen LogP contribution in [0.5, 0.6) is 0 Å². The normalized spacial score (nSPS) is 13.1. The lowest BCUT2D eigenvalue weighted by molar-refractivity contribution is 0.660. The maximum atomic E-state index is 2.38. The molecule has 1 heterocycles. The molecule has 2 heteroatoms. The number of thiophene rings is 1. The second-order valence-corrected chi connectivity index (χ2v) is 14.1. The SMILES string of the molecule is CC1(C)c2ccccc2-c2cc(-c3ccc(N(c4ccccc4)c4ccc(-c5ccc6sc7ccccc7c6c5)cc4)cc3)ccc21. The summed E-state index contributed by atoms with van der Waals surface area (Å²) in [5.41, 5.74) is 13.9. The van der Waals surface area contributed by atoms with Crippen LogP contribution in [0.25, 0.3) is 53.6 Å². The van der Waals surface area contributed by atoms with Crippen molar-refractivity contribution in [1.29, 1.82) is 0 Å². The molecule has 1 aliphatic rings. The maximum absolute atomic E-state index is 2.38. The molecule has 0 saturated heterocycles. The van der Waals surface area contributed by atoms with E-state index in [1.807, 2.05) is 11.3 Å². The van der Waals surface area contributed by atoms with Crippen molar-refractivity contribution >= 4 is 48.6 Å². The van der Waals surface area contributed by atoms with Gasteiger partial charge in [0.1, 0.15) is 0 Å². The van der Waals surface area contributed by atoms with Crippen LogP contribution in [0.3, 0.4) is 0 Å². The second-order valence-electron chi connectivity index (χ2n) is 13.0. The minimum atomic E-state index is 0.0189. The van der Waals surface area contributed by atoms with Gasteiger partial charge in [-0.25, -0.2) is 0 Å². The molecule has 1 nitrogen and oxygen atoms in total. The van der Waals surface area contributed by atoms with E-state index in [1.54, 1.807) is 0 Å². The second kappa shape index (κ2) is 10.8.